The normalized spacial score (nSPS) is 12.2. The molecule has 0 saturated carbocycles. The Morgan fingerprint density at radius 1 is 1.47 bits per heavy atom. The highest BCUT2D eigenvalue weighted by molar-refractivity contribution is 7.91. The molecule has 104 valence electrons. The van der Waals surface area contributed by atoms with Crippen molar-refractivity contribution < 1.29 is 12.8 Å². The molecule has 0 aliphatic rings. The van der Waals surface area contributed by atoms with Crippen LogP contribution in [0.15, 0.2) is 12.1 Å². The van der Waals surface area contributed by atoms with Gasteiger partial charge in [-0.25, -0.2) is 17.8 Å². The molecule has 0 amide bonds. The Balaban J connectivity index is 2.43. The molecular formula is C11H13ClFN3O2S. The van der Waals surface area contributed by atoms with E-state index < -0.39 is 15.7 Å². The van der Waals surface area contributed by atoms with Gasteiger partial charge >= 0.3 is 0 Å². The number of hydrogen-bond donors (Lipinski definition) is 1. The maximum atomic E-state index is 13.3. The third-order valence-corrected chi connectivity index (χ3v) is 4.86. The average Bonchev–Trinajstić information content (AvgIpc) is 2.63. The molecule has 0 spiro atoms. The molecule has 0 fully saturated rings. The van der Waals surface area contributed by atoms with E-state index in [4.69, 9.17) is 17.3 Å². The standard InChI is InChI=1S/C11H13ClFN3O2S/c1-2-19(17,18)4-3-16-10-5-7(12)8(13)6-9(10)15-11(16)14/h5-6H,2-4H2,1H3,(H2,14,15). The summed E-state index contributed by atoms with van der Waals surface area (Å²) in [5.74, 6) is -0.425. The summed E-state index contributed by atoms with van der Waals surface area (Å²) in [6.45, 7) is 1.75. The molecule has 8 heteroatoms. The molecule has 0 radical (unpaired) electrons. The zero-order valence-electron chi connectivity index (χ0n) is 10.2. The van der Waals surface area contributed by atoms with Crippen molar-refractivity contribution in [1.29, 1.82) is 0 Å². The van der Waals surface area contributed by atoms with E-state index in [9.17, 15) is 12.8 Å². The Morgan fingerprint density at radius 2 is 2.16 bits per heavy atom. The van der Waals surface area contributed by atoms with Crippen LogP contribution in [0, 0.1) is 5.82 Å². The van der Waals surface area contributed by atoms with E-state index in [1.807, 2.05) is 0 Å². The molecule has 1 aromatic carbocycles. The van der Waals surface area contributed by atoms with Crippen molar-refractivity contribution in [3.8, 4) is 0 Å². The predicted molar refractivity (Wildman–Crippen MR) is 73.4 cm³/mol. The largest absolute Gasteiger partial charge is 0.369 e. The number of anilines is 1. The highest BCUT2D eigenvalue weighted by atomic mass is 35.5. The first kappa shape index (κ1) is 14.1. The molecule has 2 rings (SSSR count). The van der Waals surface area contributed by atoms with Crippen LogP contribution in [-0.2, 0) is 16.4 Å². The van der Waals surface area contributed by atoms with Crippen LogP contribution in [0.4, 0.5) is 10.3 Å². The van der Waals surface area contributed by atoms with Crippen molar-refractivity contribution in [1.82, 2.24) is 9.55 Å². The summed E-state index contributed by atoms with van der Waals surface area (Å²) >= 11 is 5.71. The first-order valence-electron chi connectivity index (χ1n) is 5.65. The van der Waals surface area contributed by atoms with Crippen LogP contribution in [0.2, 0.25) is 5.02 Å². The zero-order chi connectivity index (χ0) is 14.2. The second-order valence-corrected chi connectivity index (χ2v) is 6.99. The molecule has 0 bridgehead atoms. The molecule has 0 saturated heterocycles. The monoisotopic (exact) mass is 305 g/mol. The summed E-state index contributed by atoms with van der Waals surface area (Å²) in [6, 6.07) is 2.58. The van der Waals surface area contributed by atoms with Crippen molar-refractivity contribution in [2.24, 2.45) is 0 Å². The van der Waals surface area contributed by atoms with E-state index in [0.717, 1.165) is 0 Å². The molecule has 0 aliphatic carbocycles. The van der Waals surface area contributed by atoms with Gasteiger partial charge in [-0.1, -0.05) is 18.5 Å². The lowest BCUT2D eigenvalue weighted by Crippen LogP contribution is -2.15. The molecular weight excluding hydrogens is 293 g/mol. The van der Waals surface area contributed by atoms with E-state index in [1.165, 1.54) is 16.7 Å². The Labute approximate surface area is 115 Å². The second-order valence-electron chi connectivity index (χ2n) is 4.11. The van der Waals surface area contributed by atoms with Gasteiger partial charge in [0.25, 0.3) is 0 Å². The minimum absolute atomic E-state index is 0.0475. The van der Waals surface area contributed by atoms with Crippen LogP contribution in [0.1, 0.15) is 6.92 Å². The number of nitrogens with zero attached hydrogens (tertiary/aromatic N) is 2. The van der Waals surface area contributed by atoms with Gasteiger partial charge in [-0.3, -0.25) is 0 Å². The van der Waals surface area contributed by atoms with Gasteiger partial charge in [0.1, 0.15) is 5.82 Å². The van der Waals surface area contributed by atoms with Gasteiger partial charge < -0.3 is 10.3 Å². The fraction of sp³-hybridized carbons (Fsp3) is 0.364. The summed E-state index contributed by atoms with van der Waals surface area (Å²) in [4.78, 5) is 3.99. The molecule has 19 heavy (non-hydrogen) atoms. The van der Waals surface area contributed by atoms with E-state index in [2.05, 4.69) is 4.98 Å². The lowest BCUT2D eigenvalue weighted by Gasteiger charge is -2.06. The Hall–Kier alpha value is -1.34. The number of imidazole rings is 1. The molecule has 0 atom stereocenters. The fourth-order valence-electron chi connectivity index (χ4n) is 1.75. The van der Waals surface area contributed by atoms with E-state index in [0.29, 0.717) is 11.0 Å². The molecule has 5 nitrogen and oxygen atoms in total. The summed E-state index contributed by atoms with van der Waals surface area (Å²) in [6.07, 6.45) is 0. The molecule has 2 aromatic rings. The number of benzene rings is 1. The van der Waals surface area contributed by atoms with Gasteiger partial charge in [0.15, 0.2) is 9.84 Å². The number of halogens is 2. The average molecular weight is 306 g/mol. The zero-order valence-corrected chi connectivity index (χ0v) is 11.8. The summed E-state index contributed by atoms with van der Waals surface area (Å²) < 4.78 is 37.8. The molecule has 1 heterocycles. The van der Waals surface area contributed by atoms with Gasteiger partial charge in [0, 0.05) is 18.4 Å². The van der Waals surface area contributed by atoms with E-state index in [1.54, 1.807) is 6.92 Å². The minimum Gasteiger partial charge on any atom is -0.369 e. The maximum absolute atomic E-state index is 13.3. The van der Waals surface area contributed by atoms with Gasteiger partial charge in [0.2, 0.25) is 5.95 Å². The number of nitrogens with two attached hydrogens (primary N) is 1. The lowest BCUT2D eigenvalue weighted by molar-refractivity contribution is 0.591. The second kappa shape index (κ2) is 4.97. The van der Waals surface area contributed by atoms with Crippen molar-refractivity contribution in [3.05, 3.63) is 23.0 Å². The molecule has 0 unspecified atom stereocenters. The number of fused-ring (bicyclic) bond motifs is 1. The third kappa shape index (κ3) is 2.82. The summed E-state index contributed by atoms with van der Waals surface area (Å²) in [5, 5.41) is -0.0491. The summed E-state index contributed by atoms with van der Waals surface area (Å²) in [7, 11) is -3.11. The van der Waals surface area contributed by atoms with Crippen molar-refractivity contribution in [2.45, 2.75) is 13.5 Å². The van der Waals surface area contributed by atoms with Crippen molar-refractivity contribution >= 4 is 38.4 Å². The van der Waals surface area contributed by atoms with Crippen LogP contribution >= 0.6 is 11.6 Å². The molecule has 0 aliphatic heterocycles. The highest BCUT2D eigenvalue weighted by Crippen LogP contribution is 2.24. The van der Waals surface area contributed by atoms with E-state index in [-0.39, 0.29) is 29.0 Å². The SMILES string of the molecule is CCS(=O)(=O)CCn1c(N)nc2cc(F)c(Cl)cc21. The quantitative estimate of drug-likeness (QED) is 0.935. The smallest absolute Gasteiger partial charge is 0.201 e. The van der Waals surface area contributed by atoms with Gasteiger partial charge in [0.05, 0.1) is 21.8 Å². The van der Waals surface area contributed by atoms with Crippen LogP contribution in [0.5, 0.6) is 0 Å². The highest BCUT2D eigenvalue weighted by Gasteiger charge is 2.14. The Morgan fingerprint density at radius 3 is 2.79 bits per heavy atom. The maximum Gasteiger partial charge on any atom is 0.201 e. The minimum atomic E-state index is -3.11. The first-order valence-corrected chi connectivity index (χ1v) is 7.85. The van der Waals surface area contributed by atoms with Crippen LogP contribution in [-0.4, -0.2) is 29.5 Å². The van der Waals surface area contributed by atoms with Crippen LogP contribution in [0.25, 0.3) is 11.0 Å². The summed E-state index contributed by atoms with van der Waals surface area (Å²) in [5.41, 5.74) is 6.59. The first-order chi connectivity index (χ1) is 8.84. The van der Waals surface area contributed by atoms with Gasteiger partial charge in [-0.05, 0) is 6.07 Å². The lowest BCUT2D eigenvalue weighted by atomic mass is 10.3. The molecule has 2 N–H and O–H groups in total. The van der Waals surface area contributed by atoms with Crippen LogP contribution < -0.4 is 5.73 Å². The number of sulfone groups is 1. The number of hydrogen-bond acceptors (Lipinski definition) is 4. The van der Waals surface area contributed by atoms with Crippen molar-refractivity contribution in [3.63, 3.8) is 0 Å². The van der Waals surface area contributed by atoms with Gasteiger partial charge in [-0.2, -0.15) is 0 Å². The van der Waals surface area contributed by atoms with Gasteiger partial charge in [-0.15, -0.1) is 0 Å². The topological polar surface area (TPSA) is 78.0 Å². The Bertz CT molecular complexity index is 727. The van der Waals surface area contributed by atoms with Crippen LogP contribution in [0.3, 0.4) is 0 Å². The number of rotatable bonds is 4. The number of nitrogen functional groups attached to an aromatic ring is 1. The fourth-order valence-corrected chi connectivity index (χ4v) is 2.66. The van der Waals surface area contributed by atoms with E-state index >= 15 is 0 Å². The number of aromatic nitrogens is 2. The number of aryl methyl sites for hydroxylation is 1. The molecule has 1 aromatic heterocycles. The van der Waals surface area contributed by atoms with Crippen molar-refractivity contribution in [2.75, 3.05) is 17.2 Å². The third-order valence-electron chi connectivity index (χ3n) is 2.89. The Kier molecular flexibility index (Phi) is 3.69. The predicted octanol–water partition coefficient (Wildman–Crippen LogP) is 1.85.